The maximum atomic E-state index is 5.75. The van der Waals surface area contributed by atoms with Crippen molar-refractivity contribution in [3.63, 3.8) is 0 Å². The summed E-state index contributed by atoms with van der Waals surface area (Å²) in [7, 11) is 0. The molecule has 2 heteroatoms. The van der Waals surface area contributed by atoms with Crippen molar-refractivity contribution in [2.24, 2.45) is 0 Å². The van der Waals surface area contributed by atoms with Crippen molar-refractivity contribution < 1.29 is 9.47 Å². The van der Waals surface area contributed by atoms with Crippen LogP contribution in [0, 0.1) is 0 Å². The second-order valence-electron chi connectivity index (χ2n) is 4.60. The van der Waals surface area contributed by atoms with Gasteiger partial charge in [-0.25, -0.2) is 0 Å². The Balaban J connectivity index is 2.81. The Kier molecular flexibility index (Phi) is 6.81. The van der Waals surface area contributed by atoms with Gasteiger partial charge in [0.15, 0.2) is 0 Å². The standard InChI is InChI=1S/C16H26O2/c1-5-8-14-9-10-15(11-13(4)17-6-2)16(12-14)18-7-3/h9-10,12-13H,5-8,11H2,1-4H3. The zero-order valence-corrected chi connectivity index (χ0v) is 12.2. The number of hydrogen-bond acceptors (Lipinski definition) is 2. The van der Waals surface area contributed by atoms with Gasteiger partial charge in [-0.1, -0.05) is 25.5 Å². The summed E-state index contributed by atoms with van der Waals surface area (Å²) in [4.78, 5) is 0. The molecule has 0 bridgehead atoms. The third kappa shape index (κ3) is 4.69. The van der Waals surface area contributed by atoms with Gasteiger partial charge in [0, 0.05) is 13.0 Å². The summed E-state index contributed by atoms with van der Waals surface area (Å²) >= 11 is 0. The molecule has 0 fully saturated rings. The van der Waals surface area contributed by atoms with E-state index in [2.05, 4.69) is 32.0 Å². The highest BCUT2D eigenvalue weighted by atomic mass is 16.5. The van der Waals surface area contributed by atoms with E-state index < -0.39 is 0 Å². The summed E-state index contributed by atoms with van der Waals surface area (Å²) in [6, 6.07) is 6.58. The van der Waals surface area contributed by atoms with Crippen molar-refractivity contribution >= 4 is 0 Å². The molecule has 1 aromatic carbocycles. The van der Waals surface area contributed by atoms with Gasteiger partial charge < -0.3 is 9.47 Å². The first-order chi connectivity index (χ1) is 8.71. The molecule has 102 valence electrons. The van der Waals surface area contributed by atoms with Gasteiger partial charge in [-0.05, 0) is 44.4 Å². The Morgan fingerprint density at radius 1 is 1.11 bits per heavy atom. The highest BCUT2D eigenvalue weighted by Crippen LogP contribution is 2.23. The monoisotopic (exact) mass is 250 g/mol. The molecule has 0 N–H and O–H groups in total. The normalized spacial score (nSPS) is 12.4. The Labute approximate surface area is 111 Å². The zero-order chi connectivity index (χ0) is 13.4. The lowest BCUT2D eigenvalue weighted by Crippen LogP contribution is -2.12. The third-order valence-electron chi connectivity index (χ3n) is 2.93. The van der Waals surface area contributed by atoms with Crippen LogP contribution in [0.25, 0.3) is 0 Å². The van der Waals surface area contributed by atoms with Crippen LogP contribution in [0.1, 0.15) is 45.2 Å². The maximum absolute atomic E-state index is 5.75. The molecular weight excluding hydrogens is 224 g/mol. The van der Waals surface area contributed by atoms with Crippen LogP contribution >= 0.6 is 0 Å². The summed E-state index contributed by atoms with van der Waals surface area (Å²) in [5.74, 6) is 1.02. The van der Waals surface area contributed by atoms with E-state index in [1.165, 1.54) is 17.5 Å². The van der Waals surface area contributed by atoms with Crippen LogP contribution in [-0.2, 0) is 17.6 Å². The Morgan fingerprint density at radius 2 is 1.89 bits per heavy atom. The molecule has 0 heterocycles. The van der Waals surface area contributed by atoms with E-state index in [9.17, 15) is 0 Å². The number of ether oxygens (including phenoxy) is 2. The van der Waals surface area contributed by atoms with Gasteiger partial charge in [0.05, 0.1) is 12.7 Å². The highest BCUT2D eigenvalue weighted by molar-refractivity contribution is 5.38. The van der Waals surface area contributed by atoms with E-state index in [0.29, 0.717) is 6.61 Å². The SMILES string of the molecule is CCCc1ccc(CC(C)OCC)c(OCC)c1. The van der Waals surface area contributed by atoms with Crippen molar-refractivity contribution in [3.8, 4) is 5.75 Å². The quantitative estimate of drug-likeness (QED) is 0.694. The maximum Gasteiger partial charge on any atom is 0.122 e. The molecule has 0 amide bonds. The van der Waals surface area contributed by atoms with E-state index in [1.807, 2.05) is 13.8 Å². The van der Waals surface area contributed by atoms with E-state index in [-0.39, 0.29) is 6.10 Å². The molecule has 0 saturated heterocycles. The number of aryl methyl sites for hydroxylation is 1. The first-order valence-corrected chi connectivity index (χ1v) is 7.07. The summed E-state index contributed by atoms with van der Waals surface area (Å²) < 4.78 is 11.3. The average molecular weight is 250 g/mol. The molecule has 2 nitrogen and oxygen atoms in total. The largest absolute Gasteiger partial charge is 0.494 e. The molecule has 0 aliphatic carbocycles. The second kappa shape index (κ2) is 8.15. The minimum absolute atomic E-state index is 0.242. The fraction of sp³-hybridized carbons (Fsp3) is 0.625. The van der Waals surface area contributed by atoms with Gasteiger partial charge >= 0.3 is 0 Å². The molecule has 0 spiro atoms. The molecule has 0 aromatic heterocycles. The zero-order valence-electron chi connectivity index (χ0n) is 12.2. The van der Waals surface area contributed by atoms with Crippen LogP contribution in [-0.4, -0.2) is 19.3 Å². The van der Waals surface area contributed by atoms with Crippen molar-refractivity contribution in [1.82, 2.24) is 0 Å². The summed E-state index contributed by atoms with van der Waals surface area (Å²) in [6.45, 7) is 9.85. The van der Waals surface area contributed by atoms with Gasteiger partial charge in [0.2, 0.25) is 0 Å². The first kappa shape index (κ1) is 15.0. The Bertz CT molecular complexity index is 347. The average Bonchev–Trinajstić information content (AvgIpc) is 2.33. The van der Waals surface area contributed by atoms with Crippen LogP contribution in [0.4, 0.5) is 0 Å². The van der Waals surface area contributed by atoms with Gasteiger partial charge in [0.25, 0.3) is 0 Å². The summed E-state index contributed by atoms with van der Waals surface area (Å²) in [6.07, 6.45) is 3.43. The number of hydrogen-bond donors (Lipinski definition) is 0. The minimum Gasteiger partial charge on any atom is -0.494 e. The predicted molar refractivity (Wildman–Crippen MR) is 76.4 cm³/mol. The van der Waals surface area contributed by atoms with Crippen molar-refractivity contribution in [3.05, 3.63) is 29.3 Å². The Morgan fingerprint density at radius 3 is 2.50 bits per heavy atom. The van der Waals surface area contributed by atoms with Crippen LogP contribution < -0.4 is 4.74 Å². The molecule has 0 aliphatic heterocycles. The van der Waals surface area contributed by atoms with Crippen LogP contribution in [0.3, 0.4) is 0 Å². The molecule has 0 aliphatic rings. The molecule has 0 radical (unpaired) electrons. The molecule has 1 atom stereocenters. The third-order valence-corrected chi connectivity index (χ3v) is 2.93. The molecule has 1 aromatic rings. The number of rotatable bonds is 8. The predicted octanol–water partition coefficient (Wildman–Crippen LogP) is 4.01. The first-order valence-electron chi connectivity index (χ1n) is 7.07. The smallest absolute Gasteiger partial charge is 0.122 e. The molecular formula is C16H26O2. The molecule has 1 rings (SSSR count). The van der Waals surface area contributed by atoms with E-state index in [0.717, 1.165) is 25.2 Å². The van der Waals surface area contributed by atoms with Crippen LogP contribution in [0.5, 0.6) is 5.75 Å². The van der Waals surface area contributed by atoms with Crippen LogP contribution in [0.2, 0.25) is 0 Å². The summed E-state index contributed by atoms with van der Waals surface area (Å²) in [5, 5.41) is 0. The van der Waals surface area contributed by atoms with E-state index in [4.69, 9.17) is 9.47 Å². The van der Waals surface area contributed by atoms with Crippen molar-refractivity contribution in [2.45, 2.75) is 53.1 Å². The fourth-order valence-electron chi connectivity index (χ4n) is 2.15. The lowest BCUT2D eigenvalue weighted by molar-refractivity contribution is 0.0762. The lowest BCUT2D eigenvalue weighted by Gasteiger charge is -2.16. The van der Waals surface area contributed by atoms with Crippen LogP contribution in [0.15, 0.2) is 18.2 Å². The van der Waals surface area contributed by atoms with Gasteiger partial charge in [0.1, 0.15) is 5.75 Å². The van der Waals surface area contributed by atoms with Gasteiger partial charge in [-0.2, -0.15) is 0 Å². The van der Waals surface area contributed by atoms with Crippen molar-refractivity contribution in [2.75, 3.05) is 13.2 Å². The topological polar surface area (TPSA) is 18.5 Å². The van der Waals surface area contributed by atoms with E-state index >= 15 is 0 Å². The van der Waals surface area contributed by atoms with E-state index in [1.54, 1.807) is 0 Å². The number of benzene rings is 1. The molecule has 1 unspecified atom stereocenters. The summed E-state index contributed by atoms with van der Waals surface area (Å²) in [5.41, 5.74) is 2.60. The van der Waals surface area contributed by atoms with Gasteiger partial charge in [-0.15, -0.1) is 0 Å². The minimum atomic E-state index is 0.242. The Hall–Kier alpha value is -1.02. The molecule has 18 heavy (non-hydrogen) atoms. The second-order valence-corrected chi connectivity index (χ2v) is 4.60. The van der Waals surface area contributed by atoms with Gasteiger partial charge in [-0.3, -0.25) is 0 Å². The lowest BCUT2D eigenvalue weighted by atomic mass is 10.0. The molecule has 0 saturated carbocycles. The fourth-order valence-corrected chi connectivity index (χ4v) is 2.15. The van der Waals surface area contributed by atoms with Crippen molar-refractivity contribution in [1.29, 1.82) is 0 Å². The highest BCUT2D eigenvalue weighted by Gasteiger charge is 2.09.